The van der Waals surface area contributed by atoms with Crippen molar-refractivity contribution < 1.29 is 9.18 Å². The molecule has 1 aromatic rings. The molecule has 0 radical (unpaired) electrons. The lowest BCUT2D eigenvalue weighted by atomic mass is 10.2. The highest BCUT2D eigenvalue weighted by atomic mass is 35.5. The number of nitrogens with zero attached hydrogens (tertiary/aromatic N) is 2. The SMILES string of the molecule is CCCCN(N)C(=O)c1cc(F)c(Cl)nc1Cl. The van der Waals surface area contributed by atoms with Crippen LogP contribution in [-0.4, -0.2) is 22.4 Å². The lowest BCUT2D eigenvalue weighted by Crippen LogP contribution is -2.38. The Morgan fingerprint density at radius 2 is 2.18 bits per heavy atom. The molecule has 0 fully saturated rings. The topological polar surface area (TPSA) is 59.2 Å². The molecule has 0 aromatic carbocycles. The molecule has 1 heterocycles. The fourth-order valence-corrected chi connectivity index (χ4v) is 1.58. The summed E-state index contributed by atoms with van der Waals surface area (Å²) in [7, 11) is 0. The van der Waals surface area contributed by atoms with E-state index in [-0.39, 0.29) is 15.9 Å². The highest BCUT2D eigenvalue weighted by molar-refractivity contribution is 6.34. The zero-order valence-corrected chi connectivity index (χ0v) is 10.7. The van der Waals surface area contributed by atoms with Gasteiger partial charge in [-0.2, -0.15) is 0 Å². The van der Waals surface area contributed by atoms with E-state index >= 15 is 0 Å². The summed E-state index contributed by atoms with van der Waals surface area (Å²) >= 11 is 11.1. The van der Waals surface area contributed by atoms with E-state index in [1.807, 2.05) is 6.92 Å². The quantitative estimate of drug-likeness (QED) is 0.399. The maximum Gasteiger partial charge on any atom is 0.270 e. The van der Waals surface area contributed by atoms with Crippen LogP contribution in [0, 0.1) is 5.82 Å². The van der Waals surface area contributed by atoms with Gasteiger partial charge in [-0.3, -0.25) is 9.80 Å². The van der Waals surface area contributed by atoms with E-state index in [1.54, 1.807) is 0 Å². The van der Waals surface area contributed by atoms with E-state index in [2.05, 4.69) is 4.98 Å². The molecule has 0 atom stereocenters. The van der Waals surface area contributed by atoms with Crippen molar-refractivity contribution in [2.75, 3.05) is 6.54 Å². The maximum absolute atomic E-state index is 13.2. The van der Waals surface area contributed by atoms with Gasteiger partial charge in [-0.05, 0) is 12.5 Å². The van der Waals surface area contributed by atoms with Gasteiger partial charge in [-0.25, -0.2) is 15.2 Å². The molecule has 0 bridgehead atoms. The Hall–Kier alpha value is -0.910. The summed E-state index contributed by atoms with van der Waals surface area (Å²) in [5.41, 5.74) is -0.0906. The Bertz CT molecular complexity index is 428. The molecule has 0 saturated carbocycles. The lowest BCUT2D eigenvalue weighted by molar-refractivity contribution is 0.0752. The minimum atomic E-state index is -0.802. The number of aromatic nitrogens is 1. The van der Waals surface area contributed by atoms with Gasteiger partial charge in [0.15, 0.2) is 11.0 Å². The monoisotopic (exact) mass is 279 g/mol. The molecule has 7 heteroatoms. The molecule has 1 rings (SSSR count). The van der Waals surface area contributed by atoms with Crippen molar-refractivity contribution in [3.63, 3.8) is 0 Å². The Balaban J connectivity index is 2.92. The third kappa shape index (κ3) is 3.52. The first-order chi connectivity index (χ1) is 7.97. The second-order valence-electron chi connectivity index (χ2n) is 3.45. The van der Waals surface area contributed by atoms with Gasteiger partial charge in [-0.1, -0.05) is 36.5 Å². The van der Waals surface area contributed by atoms with E-state index in [0.717, 1.165) is 23.9 Å². The molecule has 2 N–H and O–H groups in total. The predicted molar refractivity (Wildman–Crippen MR) is 64.3 cm³/mol. The van der Waals surface area contributed by atoms with Crippen molar-refractivity contribution >= 4 is 29.1 Å². The van der Waals surface area contributed by atoms with E-state index in [0.29, 0.717) is 6.54 Å². The van der Waals surface area contributed by atoms with Crippen LogP contribution < -0.4 is 5.84 Å². The van der Waals surface area contributed by atoms with Crippen molar-refractivity contribution in [3.8, 4) is 0 Å². The molecule has 0 aliphatic rings. The summed E-state index contributed by atoms with van der Waals surface area (Å²) in [4.78, 5) is 15.3. The summed E-state index contributed by atoms with van der Waals surface area (Å²) in [6.45, 7) is 2.34. The standard InChI is InChI=1S/C10H12Cl2FN3O/c1-2-3-4-16(14)10(17)6-5-7(13)9(12)15-8(6)11/h5H,2-4,14H2,1H3. The maximum atomic E-state index is 13.2. The third-order valence-corrected chi connectivity index (χ3v) is 2.68. The second kappa shape index (κ2) is 6.14. The number of unbranched alkanes of at least 4 members (excludes halogenated alkanes) is 1. The lowest BCUT2D eigenvalue weighted by Gasteiger charge is -2.16. The zero-order chi connectivity index (χ0) is 13.0. The van der Waals surface area contributed by atoms with E-state index < -0.39 is 11.7 Å². The van der Waals surface area contributed by atoms with Crippen molar-refractivity contribution in [3.05, 3.63) is 27.8 Å². The first-order valence-electron chi connectivity index (χ1n) is 5.05. The zero-order valence-electron chi connectivity index (χ0n) is 9.21. The molecule has 17 heavy (non-hydrogen) atoms. The van der Waals surface area contributed by atoms with Gasteiger partial charge < -0.3 is 0 Å². The Labute approximate surface area is 108 Å². The van der Waals surface area contributed by atoms with Gasteiger partial charge in [0.05, 0.1) is 5.56 Å². The molecule has 1 aromatic heterocycles. The number of rotatable bonds is 4. The van der Waals surface area contributed by atoms with Crippen LogP contribution in [0.3, 0.4) is 0 Å². The van der Waals surface area contributed by atoms with Crippen molar-refractivity contribution in [1.82, 2.24) is 9.99 Å². The van der Waals surface area contributed by atoms with Gasteiger partial charge in [0, 0.05) is 6.54 Å². The highest BCUT2D eigenvalue weighted by Gasteiger charge is 2.19. The van der Waals surface area contributed by atoms with Crippen LogP contribution in [0.1, 0.15) is 30.1 Å². The number of carbonyl (C=O) groups excluding carboxylic acids is 1. The molecule has 4 nitrogen and oxygen atoms in total. The minimum Gasteiger partial charge on any atom is -0.277 e. The highest BCUT2D eigenvalue weighted by Crippen LogP contribution is 2.21. The minimum absolute atomic E-state index is 0.0906. The van der Waals surface area contributed by atoms with Gasteiger partial charge in [0.25, 0.3) is 5.91 Å². The molecule has 0 saturated heterocycles. The average Bonchev–Trinajstić information content (AvgIpc) is 2.29. The summed E-state index contributed by atoms with van der Waals surface area (Å²) in [6.07, 6.45) is 1.64. The first-order valence-corrected chi connectivity index (χ1v) is 5.81. The number of hydrazine groups is 1. The van der Waals surface area contributed by atoms with Crippen LogP contribution >= 0.6 is 23.2 Å². The Morgan fingerprint density at radius 1 is 1.53 bits per heavy atom. The molecule has 0 spiro atoms. The van der Waals surface area contributed by atoms with Crippen LogP contribution in [0.4, 0.5) is 4.39 Å². The summed E-state index contributed by atoms with van der Waals surface area (Å²) in [5, 5.41) is 0.455. The Morgan fingerprint density at radius 3 is 2.76 bits per heavy atom. The number of halogens is 3. The van der Waals surface area contributed by atoms with Crippen molar-refractivity contribution in [2.24, 2.45) is 5.84 Å². The summed E-state index contributed by atoms with van der Waals surface area (Å²) in [5.74, 6) is 4.15. The molecule has 94 valence electrons. The fraction of sp³-hybridized carbons (Fsp3) is 0.400. The van der Waals surface area contributed by atoms with Gasteiger partial charge >= 0.3 is 0 Å². The Kier molecular flexibility index (Phi) is 5.11. The molecular formula is C10H12Cl2FN3O. The largest absolute Gasteiger partial charge is 0.277 e. The van der Waals surface area contributed by atoms with Crippen LogP contribution in [0.5, 0.6) is 0 Å². The normalized spacial score (nSPS) is 10.4. The van der Waals surface area contributed by atoms with E-state index in [4.69, 9.17) is 29.0 Å². The first kappa shape index (κ1) is 14.2. The number of hydrogen-bond acceptors (Lipinski definition) is 3. The van der Waals surface area contributed by atoms with Crippen LogP contribution in [0.2, 0.25) is 10.3 Å². The smallest absolute Gasteiger partial charge is 0.270 e. The molecule has 0 aliphatic carbocycles. The third-order valence-electron chi connectivity index (χ3n) is 2.13. The van der Waals surface area contributed by atoms with Crippen LogP contribution in [-0.2, 0) is 0 Å². The molecular weight excluding hydrogens is 268 g/mol. The molecule has 1 amide bonds. The van der Waals surface area contributed by atoms with Crippen molar-refractivity contribution in [2.45, 2.75) is 19.8 Å². The van der Waals surface area contributed by atoms with Crippen molar-refractivity contribution in [1.29, 1.82) is 0 Å². The predicted octanol–water partition coefficient (Wildman–Crippen LogP) is 2.64. The number of pyridine rings is 1. The number of amides is 1. The van der Waals surface area contributed by atoms with Gasteiger partial charge in [0.2, 0.25) is 0 Å². The van der Waals surface area contributed by atoms with Gasteiger partial charge in [-0.15, -0.1) is 0 Å². The van der Waals surface area contributed by atoms with Gasteiger partial charge in [0.1, 0.15) is 5.15 Å². The summed E-state index contributed by atoms with van der Waals surface area (Å²) < 4.78 is 13.2. The fourth-order valence-electron chi connectivity index (χ4n) is 1.18. The van der Waals surface area contributed by atoms with E-state index in [9.17, 15) is 9.18 Å². The molecule has 0 unspecified atom stereocenters. The number of hydrogen-bond donors (Lipinski definition) is 1. The van der Waals surface area contributed by atoms with E-state index in [1.165, 1.54) is 0 Å². The number of carbonyl (C=O) groups is 1. The van der Waals surface area contributed by atoms with Crippen LogP contribution in [0.25, 0.3) is 0 Å². The average molecular weight is 280 g/mol. The second-order valence-corrected chi connectivity index (χ2v) is 4.17. The number of nitrogens with two attached hydrogens (primary N) is 1. The van der Waals surface area contributed by atoms with Crippen LogP contribution in [0.15, 0.2) is 6.07 Å². The summed E-state index contributed by atoms with van der Waals surface area (Å²) in [6, 6.07) is 0.936. The molecule has 0 aliphatic heterocycles.